The molecule has 1 saturated heterocycles. The van der Waals surface area contributed by atoms with Crippen molar-refractivity contribution in [1.82, 2.24) is 15.0 Å². The topological polar surface area (TPSA) is 136 Å². The molecule has 1 aliphatic heterocycles. The molecule has 4 atom stereocenters. The van der Waals surface area contributed by atoms with E-state index in [4.69, 9.17) is 15.2 Å². The van der Waals surface area contributed by atoms with Gasteiger partial charge in [0.05, 0.1) is 19.3 Å². The van der Waals surface area contributed by atoms with Gasteiger partial charge in [-0.1, -0.05) is 54.6 Å². The summed E-state index contributed by atoms with van der Waals surface area (Å²) in [5, 5.41) is 24.3. The number of hydrogen-bond acceptors (Lipinski definition) is 9. The van der Waals surface area contributed by atoms with E-state index in [1.165, 1.54) is 11.1 Å². The fourth-order valence-corrected chi connectivity index (χ4v) is 4.62. The van der Waals surface area contributed by atoms with Gasteiger partial charge in [0.25, 0.3) is 0 Å². The molecule has 2 aliphatic rings. The minimum absolute atomic E-state index is 0.0961. The highest BCUT2D eigenvalue weighted by Crippen LogP contribution is 2.26. The molecule has 178 valence electrons. The molecule has 9 nitrogen and oxygen atoms in total. The van der Waals surface area contributed by atoms with Crippen molar-refractivity contribution in [1.29, 1.82) is 0 Å². The number of nitrogens with one attached hydrogen (secondary N) is 1. The molecule has 3 aromatic rings. The number of fused-ring (bicyclic) bond motifs is 1. The number of anilines is 2. The predicted molar refractivity (Wildman–Crippen MR) is 126 cm³/mol. The van der Waals surface area contributed by atoms with Crippen LogP contribution in [0.3, 0.4) is 0 Å². The number of nitrogens with two attached hydrogens (primary N) is 1. The summed E-state index contributed by atoms with van der Waals surface area (Å²) >= 11 is 0. The summed E-state index contributed by atoms with van der Waals surface area (Å²) in [6, 6.07) is 18.3. The van der Waals surface area contributed by atoms with Crippen LogP contribution in [0.25, 0.3) is 0 Å². The highest BCUT2D eigenvalue weighted by atomic mass is 16.6. The van der Waals surface area contributed by atoms with Crippen LogP contribution in [0.15, 0.2) is 54.6 Å². The maximum absolute atomic E-state index is 10.5. The van der Waals surface area contributed by atoms with Gasteiger partial charge in [-0.3, -0.25) is 0 Å². The largest absolute Gasteiger partial charge is 0.388 e. The molecule has 2 heterocycles. The fraction of sp³-hybridized carbons (Fsp3) is 0.400. The Hall–Kier alpha value is -3.11. The zero-order valence-electron chi connectivity index (χ0n) is 18.7. The second-order valence-electron chi connectivity index (χ2n) is 8.85. The van der Waals surface area contributed by atoms with E-state index in [1.807, 2.05) is 42.5 Å². The molecule has 0 radical (unpaired) electrons. The number of nitrogen functional groups attached to an aromatic ring is 1. The third-order valence-corrected chi connectivity index (χ3v) is 6.32. The highest BCUT2D eigenvalue weighted by molar-refractivity contribution is 5.39. The Balaban J connectivity index is 1.18. The SMILES string of the molecule is Nc1nc(CC2O[C@H](COCc3ccccc3)[C@@H](O)[C@H]2O)nc(NC2Cc3ccccc3C2)n1. The Morgan fingerprint density at radius 1 is 0.912 bits per heavy atom. The fourth-order valence-electron chi connectivity index (χ4n) is 4.62. The second kappa shape index (κ2) is 10.0. The van der Waals surface area contributed by atoms with Crippen LogP contribution in [-0.2, 0) is 35.3 Å². The van der Waals surface area contributed by atoms with Gasteiger partial charge in [0.2, 0.25) is 11.9 Å². The van der Waals surface area contributed by atoms with Crippen LogP contribution in [0.5, 0.6) is 0 Å². The maximum atomic E-state index is 10.5. The lowest BCUT2D eigenvalue weighted by molar-refractivity contribution is -0.0482. The number of nitrogens with zero attached hydrogens (tertiary/aromatic N) is 3. The van der Waals surface area contributed by atoms with Gasteiger partial charge in [-0.05, 0) is 29.5 Å². The Bertz CT molecular complexity index is 1090. The van der Waals surface area contributed by atoms with Crippen molar-refractivity contribution in [3.63, 3.8) is 0 Å². The maximum Gasteiger partial charge on any atom is 0.227 e. The first-order valence-corrected chi connectivity index (χ1v) is 11.5. The number of benzene rings is 2. The van der Waals surface area contributed by atoms with E-state index in [9.17, 15) is 10.2 Å². The standard InChI is InChI=1S/C25H29N5O4/c26-24-28-21(29-25(30-24)27-18-10-16-8-4-5-9-17(16)11-18)12-19-22(31)23(32)20(34-19)14-33-13-15-6-2-1-3-7-15/h1-9,18-20,22-23,31-32H,10-14H2,(H3,26,27,28,29,30)/t19?,20-,22+,23-/m1/s1. The van der Waals surface area contributed by atoms with E-state index < -0.39 is 24.4 Å². The third kappa shape index (κ3) is 5.18. The van der Waals surface area contributed by atoms with Gasteiger partial charge in [-0.15, -0.1) is 0 Å². The van der Waals surface area contributed by atoms with Crippen LogP contribution in [0, 0.1) is 0 Å². The zero-order valence-corrected chi connectivity index (χ0v) is 18.7. The number of aliphatic hydroxyl groups excluding tert-OH is 2. The van der Waals surface area contributed by atoms with Gasteiger partial charge in [0.1, 0.15) is 24.1 Å². The molecule has 1 unspecified atom stereocenters. The van der Waals surface area contributed by atoms with E-state index in [0.29, 0.717) is 18.4 Å². The summed E-state index contributed by atoms with van der Waals surface area (Å²) in [4.78, 5) is 12.9. The van der Waals surface area contributed by atoms with Crippen molar-refractivity contribution in [3.05, 3.63) is 77.1 Å². The quantitative estimate of drug-likeness (QED) is 0.389. The predicted octanol–water partition coefficient (Wildman–Crippen LogP) is 1.28. The molecule has 5 N–H and O–H groups in total. The van der Waals surface area contributed by atoms with Gasteiger partial charge in [-0.25, -0.2) is 0 Å². The van der Waals surface area contributed by atoms with Crippen LogP contribution in [-0.4, -0.2) is 62.2 Å². The van der Waals surface area contributed by atoms with E-state index >= 15 is 0 Å². The lowest BCUT2D eigenvalue weighted by Crippen LogP contribution is -2.35. The second-order valence-corrected chi connectivity index (χ2v) is 8.85. The van der Waals surface area contributed by atoms with Crippen LogP contribution in [0.4, 0.5) is 11.9 Å². The van der Waals surface area contributed by atoms with E-state index in [2.05, 4.69) is 32.4 Å². The van der Waals surface area contributed by atoms with Crippen LogP contribution < -0.4 is 11.1 Å². The number of hydrogen-bond donors (Lipinski definition) is 4. The first kappa shape index (κ1) is 22.7. The van der Waals surface area contributed by atoms with Crippen LogP contribution in [0.2, 0.25) is 0 Å². The van der Waals surface area contributed by atoms with E-state index in [-0.39, 0.29) is 25.0 Å². The average molecular weight is 464 g/mol. The lowest BCUT2D eigenvalue weighted by atomic mass is 10.1. The molecule has 0 bridgehead atoms. The summed E-state index contributed by atoms with van der Waals surface area (Å²) in [6.45, 7) is 0.566. The minimum atomic E-state index is -1.08. The van der Waals surface area contributed by atoms with Crippen LogP contribution in [0.1, 0.15) is 22.5 Å². The molecule has 1 fully saturated rings. The molecule has 5 rings (SSSR count). The van der Waals surface area contributed by atoms with Crippen molar-refractivity contribution < 1.29 is 19.7 Å². The molecule has 0 amide bonds. The van der Waals surface area contributed by atoms with E-state index in [0.717, 1.165) is 18.4 Å². The molecular weight excluding hydrogens is 434 g/mol. The van der Waals surface area contributed by atoms with Crippen molar-refractivity contribution in [2.45, 2.75) is 56.3 Å². The molecule has 0 spiro atoms. The van der Waals surface area contributed by atoms with Gasteiger partial charge in [-0.2, -0.15) is 15.0 Å². The normalized spacial score (nSPS) is 24.3. The number of aliphatic hydroxyl groups is 2. The van der Waals surface area contributed by atoms with Crippen molar-refractivity contribution in [2.75, 3.05) is 17.7 Å². The minimum Gasteiger partial charge on any atom is -0.388 e. The summed E-state index contributed by atoms with van der Waals surface area (Å²) in [7, 11) is 0. The van der Waals surface area contributed by atoms with Crippen LogP contribution >= 0.6 is 0 Å². The molecular formula is C25H29N5O4. The van der Waals surface area contributed by atoms with Crippen molar-refractivity contribution in [2.24, 2.45) is 0 Å². The third-order valence-electron chi connectivity index (χ3n) is 6.32. The molecule has 2 aromatic carbocycles. The van der Waals surface area contributed by atoms with Crippen molar-refractivity contribution in [3.8, 4) is 0 Å². The monoisotopic (exact) mass is 463 g/mol. The molecule has 34 heavy (non-hydrogen) atoms. The lowest BCUT2D eigenvalue weighted by Gasteiger charge is -2.16. The molecule has 1 aromatic heterocycles. The van der Waals surface area contributed by atoms with Gasteiger partial charge >= 0.3 is 0 Å². The summed E-state index contributed by atoms with van der Waals surface area (Å²) in [6.07, 6.45) is -1.49. The first-order valence-electron chi connectivity index (χ1n) is 11.5. The van der Waals surface area contributed by atoms with Crippen molar-refractivity contribution >= 4 is 11.9 Å². The average Bonchev–Trinajstić information content (AvgIpc) is 3.35. The number of ether oxygens (including phenoxy) is 2. The zero-order chi connectivity index (χ0) is 23.5. The summed E-state index contributed by atoms with van der Waals surface area (Å²) in [5.74, 6) is 0.891. The Kier molecular flexibility index (Phi) is 6.68. The van der Waals surface area contributed by atoms with Gasteiger partial charge in [0.15, 0.2) is 0 Å². The number of aromatic nitrogens is 3. The molecule has 0 saturated carbocycles. The van der Waals surface area contributed by atoms with E-state index in [1.54, 1.807) is 0 Å². The number of rotatable bonds is 8. The molecule has 9 heteroatoms. The Morgan fingerprint density at radius 2 is 1.59 bits per heavy atom. The Morgan fingerprint density at radius 3 is 2.32 bits per heavy atom. The van der Waals surface area contributed by atoms with Gasteiger partial charge < -0.3 is 30.7 Å². The molecule has 1 aliphatic carbocycles. The highest BCUT2D eigenvalue weighted by Gasteiger charge is 2.43. The Labute approximate surface area is 198 Å². The first-order chi connectivity index (χ1) is 16.5. The smallest absolute Gasteiger partial charge is 0.227 e. The van der Waals surface area contributed by atoms with Gasteiger partial charge in [0, 0.05) is 12.5 Å². The summed E-state index contributed by atoms with van der Waals surface area (Å²) in [5.41, 5.74) is 9.59. The summed E-state index contributed by atoms with van der Waals surface area (Å²) < 4.78 is 11.6.